The number of methoxy groups -OCH3 is 2. The molecular weight excluding hydrogens is 498 g/mol. The minimum Gasteiger partial charge on any atom is -0.493 e. The normalized spacial score (nSPS) is 11.3. The van der Waals surface area contributed by atoms with Gasteiger partial charge in [-0.3, -0.25) is 9.36 Å². The van der Waals surface area contributed by atoms with Crippen LogP contribution in [-0.2, 0) is 4.79 Å². The largest absolute Gasteiger partial charge is 0.493 e. The molecule has 0 bridgehead atoms. The molecule has 4 aromatic rings. The topological polar surface area (TPSA) is 90.6 Å². The number of halogens is 1. The van der Waals surface area contributed by atoms with Gasteiger partial charge in [0.25, 0.3) is 5.91 Å². The molecule has 1 amide bonds. The first kappa shape index (κ1) is 25.3. The van der Waals surface area contributed by atoms with Crippen LogP contribution in [0.3, 0.4) is 0 Å². The van der Waals surface area contributed by atoms with Crippen LogP contribution in [0.2, 0.25) is 5.02 Å². The van der Waals surface area contributed by atoms with Crippen molar-refractivity contribution >= 4 is 35.0 Å². The Balaban J connectivity index is 1.57. The second-order valence-corrected chi connectivity index (χ2v) is 8.90. The van der Waals surface area contributed by atoms with E-state index in [4.69, 9.17) is 21.1 Å². The first-order valence-corrected chi connectivity index (χ1v) is 12.3. The summed E-state index contributed by atoms with van der Waals surface area (Å²) < 4.78 is 12.7. The molecule has 1 heterocycles. The Morgan fingerprint density at radius 2 is 1.72 bits per heavy atom. The van der Waals surface area contributed by atoms with Crippen molar-refractivity contribution in [3.05, 3.63) is 83.4 Å². The highest BCUT2D eigenvalue weighted by Gasteiger charge is 2.19. The predicted molar refractivity (Wildman–Crippen MR) is 142 cm³/mol. The summed E-state index contributed by atoms with van der Waals surface area (Å²) >= 11 is 7.47. The van der Waals surface area contributed by atoms with Crippen LogP contribution in [0.4, 0.5) is 0 Å². The van der Waals surface area contributed by atoms with Gasteiger partial charge in [0.2, 0.25) is 0 Å². The number of para-hydroxylation sites is 1. The lowest BCUT2D eigenvalue weighted by molar-refractivity contribution is -0.118. The third-order valence-corrected chi connectivity index (χ3v) is 6.49. The van der Waals surface area contributed by atoms with Gasteiger partial charge in [0, 0.05) is 21.8 Å². The number of amides is 1. The highest BCUT2D eigenvalue weighted by atomic mass is 35.5. The zero-order valence-electron chi connectivity index (χ0n) is 19.9. The number of rotatable bonds is 9. The predicted octanol–water partition coefficient (Wildman–Crippen LogP) is 5.24. The van der Waals surface area contributed by atoms with Crippen molar-refractivity contribution in [3.63, 3.8) is 0 Å². The molecule has 0 aliphatic rings. The van der Waals surface area contributed by atoms with Crippen molar-refractivity contribution in [2.75, 3.05) is 20.0 Å². The summed E-state index contributed by atoms with van der Waals surface area (Å²) in [6.07, 6.45) is 0. The van der Waals surface area contributed by atoms with Crippen LogP contribution in [0.25, 0.3) is 17.1 Å². The summed E-state index contributed by atoms with van der Waals surface area (Å²) in [6, 6.07) is 22.6. The second kappa shape index (κ2) is 11.7. The van der Waals surface area contributed by atoms with Crippen molar-refractivity contribution in [2.45, 2.75) is 12.1 Å². The van der Waals surface area contributed by atoms with Gasteiger partial charge in [-0.25, -0.2) is 5.43 Å². The molecule has 3 aromatic carbocycles. The minimum atomic E-state index is -0.276. The average Bonchev–Trinajstić information content (AvgIpc) is 3.34. The summed E-state index contributed by atoms with van der Waals surface area (Å²) in [5.74, 6) is 1.62. The summed E-state index contributed by atoms with van der Waals surface area (Å²) in [5.41, 5.74) is 5.61. The van der Waals surface area contributed by atoms with Gasteiger partial charge in [0.05, 0.1) is 25.7 Å². The molecule has 184 valence electrons. The number of thioether (sulfide) groups is 1. The lowest BCUT2D eigenvalue weighted by atomic mass is 10.1. The molecule has 8 nitrogen and oxygen atoms in total. The number of carbonyl (C=O) groups is 1. The maximum absolute atomic E-state index is 12.6. The zero-order valence-corrected chi connectivity index (χ0v) is 21.5. The van der Waals surface area contributed by atoms with E-state index in [1.54, 1.807) is 27.2 Å². The van der Waals surface area contributed by atoms with Gasteiger partial charge in [0.15, 0.2) is 22.5 Å². The number of hydrazone groups is 1. The van der Waals surface area contributed by atoms with Gasteiger partial charge in [-0.15, -0.1) is 10.2 Å². The molecule has 0 radical (unpaired) electrons. The quantitative estimate of drug-likeness (QED) is 0.184. The van der Waals surface area contributed by atoms with E-state index in [9.17, 15) is 4.79 Å². The highest BCUT2D eigenvalue weighted by molar-refractivity contribution is 7.99. The summed E-state index contributed by atoms with van der Waals surface area (Å²) in [4.78, 5) is 12.6. The fourth-order valence-electron chi connectivity index (χ4n) is 3.46. The monoisotopic (exact) mass is 521 g/mol. The van der Waals surface area contributed by atoms with Crippen molar-refractivity contribution in [2.24, 2.45) is 5.10 Å². The van der Waals surface area contributed by atoms with Gasteiger partial charge < -0.3 is 9.47 Å². The molecule has 1 N–H and O–H groups in total. The van der Waals surface area contributed by atoms with Crippen LogP contribution in [0.15, 0.2) is 83.1 Å². The van der Waals surface area contributed by atoms with E-state index in [0.29, 0.717) is 33.2 Å². The van der Waals surface area contributed by atoms with Crippen LogP contribution in [0.1, 0.15) is 12.5 Å². The standard InChI is InChI=1S/C26H24ClN5O3S/c1-17(20-11-7-8-12-21(20)27)28-29-24(33)16-36-26-31-30-25(32(26)19-9-5-4-6-10-19)18-13-14-22(34-2)23(15-18)35-3/h4-15H,16H2,1-3H3,(H,29,33)/b28-17+. The fourth-order valence-corrected chi connectivity index (χ4v) is 4.48. The number of nitrogens with one attached hydrogen (secondary N) is 1. The van der Waals surface area contributed by atoms with E-state index in [2.05, 4.69) is 20.7 Å². The summed E-state index contributed by atoms with van der Waals surface area (Å²) in [7, 11) is 3.17. The first-order valence-electron chi connectivity index (χ1n) is 11.0. The molecule has 1 aromatic heterocycles. The lowest BCUT2D eigenvalue weighted by Gasteiger charge is -2.12. The Morgan fingerprint density at radius 1 is 1.00 bits per heavy atom. The molecule has 0 atom stereocenters. The molecule has 0 saturated heterocycles. The Labute approximate surface area is 218 Å². The van der Waals surface area contributed by atoms with Crippen molar-refractivity contribution in [1.82, 2.24) is 20.2 Å². The van der Waals surface area contributed by atoms with Crippen LogP contribution < -0.4 is 14.9 Å². The number of aromatic nitrogens is 3. The molecular formula is C26H24ClN5O3S. The Bertz CT molecular complexity index is 1390. The van der Waals surface area contributed by atoms with Crippen LogP contribution in [0.5, 0.6) is 11.5 Å². The fraction of sp³-hybridized carbons (Fsp3) is 0.154. The van der Waals surface area contributed by atoms with Gasteiger partial charge in [0.1, 0.15) is 0 Å². The zero-order chi connectivity index (χ0) is 25.5. The lowest BCUT2D eigenvalue weighted by Crippen LogP contribution is -2.21. The van der Waals surface area contributed by atoms with Crippen LogP contribution in [0, 0.1) is 0 Å². The summed E-state index contributed by atoms with van der Waals surface area (Å²) in [6.45, 7) is 1.79. The Kier molecular flexibility index (Phi) is 8.24. The smallest absolute Gasteiger partial charge is 0.250 e. The molecule has 4 rings (SSSR count). The number of benzene rings is 3. The maximum Gasteiger partial charge on any atom is 0.250 e. The number of carbonyl (C=O) groups excluding carboxylic acids is 1. The second-order valence-electron chi connectivity index (χ2n) is 7.55. The number of hydrogen-bond acceptors (Lipinski definition) is 7. The Hall–Kier alpha value is -3.82. The van der Waals surface area contributed by atoms with E-state index in [1.165, 1.54) is 11.8 Å². The number of nitrogens with zero attached hydrogens (tertiary/aromatic N) is 4. The third-order valence-electron chi connectivity index (χ3n) is 5.23. The Morgan fingerprint density at radius 3 is 2.44 bits per heavy atom. The maximum atomic E-state index is 12.6. The van der Waals surface area contributed by atoms with Crippen molar-refractivity contribution in [1.29, 1.82) is 0 Å². The molecule has 10 heteroatoms. The highest BCUT2D eigenvalue weighted by Crippen LogP contribution is 2.34. The molecule has 0 aliphatic carbocycles. The van der Waals surface area contributed by atoms with Gasteiger partial charge in [-0.1, -0.05) is 59.8 Å². The number of ether oxygens (including phenoxy) is 2. The van der Waals surface area contributed by atoms with Gasteiger partial charge >= 0.3 is 0 Å². The minimum absolute atomic E-state index is 0.0935. The molecule has 0 fully saturated rings. The first-order chi connectivity index (χ1) is 17.5. The molecule has 0 spiro atoms. The van der Waals surface area contributed by atoms with Crippen LogP contribution >= 0.6 is 23.4 Å². The van der Waals surface area contributed by atoms with E-state index >= 15 is 0 Å². The SMILES string of the molecule is COc1ccc(-c2nnc(SCC(=O)N/N=C(\C)c3ccccc3Cl)n2-c2ccccc2)cc1OC. The van der Waals surface area contributed by atoms with E-state index in [-0.39, 0.29) is 11.7 Å². The molecule has 0 aliphatic heterocycles. The van der Waals surface area contributed by atoms with Gasteiger partial charge in [-0.2, -0.15) is 5.10 Å². The number of hydrogen-bond donors (Lipinski definition) is 1. The van der Waals surface area contributed by atoms with Crippen molar-refractivity contribution in [3.8, 4) is 28.6 Å². The van der Waals surface area contributed by atoms with Gasteiger partial charge in [-0.05, 0) is 43.3 Å². The van der Waals surface area contributed by atoms with Crippen LogP contribution in [-0.4, -0.2) is 46.4 Å². The van der Waals surface area contributed by atoms with Crippen molar-refractivity contribution < 1.29 is 14.3 Å². The third kappa shape index (κ3) is 5.69. The summed E-state index contributed by atoms with van der Waals surface area (Å²) in [5, 5.41) is 14.1. The van der Waals surface area contributed by atoms with E-state index in [1.807, 2.05) is 71.3 Å². The van der Waals surface area contributed by atoms with E-state index < -0.39 is 0 Å². The average molecular weight is 522 g/mol. The molecule has 36 heavy (non-hydrogen) atoms. The molecule has 0 unspecified atom stereocenters. The molecule has 0 saturated carbocycles. The van der Waals surface area contributed by atoms with E-state index in [0.717, 1.165) is 16.8 Å².